The maximum absolute atomic E-state index is 12.4. The maximum Gasteiger partial charge on any atom is 0.254 e. The summed E-state index contributed by atoms with van der Waals surface area (Å²) in [5, 5.41) is 0. The minimum absolute atomic E-state index is 0.0816. The molecular formula is C26H32N4O2. The molecule has 1 saturated heterocycles. The van der Waals surface area contributed by atoms with Gasteiger partial charge < -0.3 is 9.72 Å². The second-order valence-corrected chi connectivity index (χ2v) is 8.61. The van der Waals surface area contributed by atoms with Crippen LogP contribution in [0.3, 0.4) is 0 Å². The first-order valence-electron chi connectivity index (χ1n) is 11.6. The van der Waals surface area contributed by atoms with E-state index < -0.39 is 0 Å². The summed E-state index contributed by atoms with van der Waals surface area (Å²) in [6, 6.07) is 12.3. The van der Waals surface area contributed by atoms with Gasteiger partial charge in [-0.2, -0.15) is 0 Å². The number of aromatic amines is 1. The van der Waals surface area contributed by atoms with E-state index in [1.807, 2.05) is 31.3 Å². The summed E-state index contributed by atoms with van der Waals surface area (Å²) in [7, 11) is 0. The minimum atomic E-state index is -0.0816. The predicted octanol–water partition coefficient (Wildman–Crippen LogP) is 4.06. The zero-order chi connectivity index (χ0) is 22.2. The highest BCUT2D eigenvalue weighted by molar-refractivity contribution is 5.28. The summed E-state index contributed by atoms with van der Waals surface area (Å²) in [6.07, 6.45) is 9.45. The van der Waals surface area contributed by atoms with Gasteiger partial charge in [0, 0.05) is 43.0 Å². The van der Waals surface area contributed by atoms with Gasteiger partial charge in [0.25, 0.3) is 5.56 Å². The first-order chi connectivity index (χ1) is 15.7. The van der Waals surface area contributed by atoms with E-state index in [2.05, 4.69) is 38.1 Å². The smallest absolute Gasteiger partial charge is 0.254 e. The van der Waals surface area contributed by atoms with Gasteiger partial charge in [0.2, 0.25) is 0 Å². The summed E-state index contributed by atoms with van der Waals surface area (Å²) in [5.41, 5.74) is 3.84. The average Bonchev–Trinajstić information content (AvgIpc) is 2.81. The van der Waals surface area contributed by atoms with E-state index in [1.54, 1.807) is 6.20 Å². The van der Waals surface area contributed by atoms with Crippen molar-refractivity contribution in [3.63, 3.8) is 0 Å². The number of hydrogen-bond donors (Lipinski definition) is 1. The number of nitrogens with one attached hydrogen (secondary N) is 1. The Morgan fingerprint density at radius 3 is 2.69 bits per heavy atom. The third kappa shape index (κ3) is 6.50. The number of aryl methyl sites for hydroxylation is 2. The number of pyridine rings is 1. The van der Waals surface area contributed by atoms with Crippen LogP contribution in [0.4, 0.5) is 0 Å². The number of rotatable bonds is 9. The molecule has 3 aromatic rings. The van der Waals surface area contributed by atoms with Crippen LogP contribution in [0.1, 0.15) is 53.9 Å². The molecule has 0 bridgehead atoms. The van der Waals surface area contributed by atoms with Crippen LogP contribution in [0.25, 0.3) is 0 Å². The van der Waals surface area contributed by atoms with Crippen LogP contribution in [0.5, 0.6) is 5.75 Å². The van der Waals surface area contributed by atoms with Gasteiger partial charge in [-0.15, -0.1) is 0 Å². The summed E-state index contributed by atoms with van der Waals surface area (Å²) < 4.78 is 5.95. The molecule has 0 saturated carbocycles. The molecule has 6 heteroatoms. The second kappa shape index (κ2) is 11.0. The molecule has 0 unspecified atom stereocenters. The lowest BCUT2D eigenvalue weighted by Gasteiger charge is -2.26. The number of aromatic nitrogens is 3. The zero-order valence-corrected chi connectivity index (χ0v) is 18.8. The van der Waals surface area contributed by atoms with E-state index >= 15 is 0 Å². The van der Waals surface area contributed by atoms with Crippen molar-refractivity contribution < 1.29 is 4.74 Å². The van der Waals surface area contributed by atoms with E-state index in [-0.39, 0.29) is 5.56 Å². The predicted molar refractivity (Wildman–Crippen MR) is 126 cm³/mol. The number of ether oxygens (including phenoxy) is 1. The van der Waals surface area contributed by atoms with Crippen molar-refractivity contribution in [3.05, 3.63) is 87.4 Å². The molecule has 32 heavy (non-hydrogen) atoms. The highest BCUT2D eigenvalue weighted by Crippen LogP contribution is 2.18. The fourth-order valence-corrected chi connectivity index (χ4v) is 4.07. The van der Waals surface area contributed by atoms with E-state index in [4.69, 9.17) is 4.74 Å². The Kier molecular flexibility index (Phi) is 7.67. The van der Waals surface area contributed by atoms with E-state index in [9.17, 15) is 4.79 Å². The average molecular weight is 433 g/mol. The summed E-state index contributed by atoms with van der Waals surface area (Å²) in [5.74, 6) is 1.60. The number of likely N-dealkylation sites (tertiary alicyclic amines) is 1. The summed E-state index contributed by atoms with van der Waals surface area (Å²) >= 11 is 0. The zero-order valence-electron chi connectivity index (χ0n) is 18.8. The van der Waals surface area contributed by atoms with Crippen LogP contribution in [0.2, 0.25) is 0 Å². The van der Waals surface area contributed by atoms with Gasteiger partial charge in [-0.1, -0.05) is 24.6 Å². The van der Waals surface area contributed by atoms with E-state index in [0.29, 0.717) is 30.8 Å². The van der Waals surface area contributed by atoms with Crippen LogP contribution in [0, 0.1) is 6.92 Å². The fraction of sp³-hybridized carbons (Fsp3) is 0.423. The number of benzene rings is 1. The van der Waals surface area contributed by atoms with Gasteiger partial charge in [0.15, 0.2) is 0 Å². The Hall–Kier alpha value is -2.99. The fourth-order valence-electron chi connectivity index (χ4n) is 4.07. The molecule has 1 aromatic carbocycles. The van der Waals surface area contributed by atoms with Crippen molar-refractivity contribution >= 4 is 0 Å². The number of hydrogen-bond acceptors (Lipinski definition) is 5. The molecule has 168 valence electrons. The van der Waals surface area contributed by atoms with Crippen molar-refractivity contribution in [1.29, 1.82) is 0 Å². The molecule has 0 amide bonds. The van der Waals surface area contributed by atoms with E-state index in [0.717, 1.165) is 30.0 Å². The Balaban J connectivity index is 1.24. The molecule has 0 radical (unpaired) electrons. The molecular weight excluding hydrogens is 400 g/mol. The van der Waals surface area contributed by atoms with Crippen molar-refractivity contribution in [3.8, 4) is 5.75 Å². The van der Waals surface area contributed by atoms with E-state index in [1.165, 1.54) is 37.9 Å². The Morgan fingerprint density at radius 1 is 1.03 bits per heavy atom. The van der Waals surface area contributed by atoms with Crippen molar-refractivity contribution in [2.24, 2.45) is 0 Å². The summed E-state index contributed by atoms with van der Waals surface area (Å²) in [4.78, 5) is 26.6. The molecule has 1 N–H and O–H groups in total. The number of nitrogens with zero attached hydrogens (tertiary/aromatic N) is 3. The van der Waals surface area contributed by atoms with Crippen molar-refractivity contribution in [1.82, 2.24) is 19.9 Å². The lowest BCUT2D eigenvalue weighted by molar-refractivity contribution is 0.220. The van der Waals surface area contributed by atoms with Gasteiger partial charge >= 0.3 is 0 Å². The molecule has 0 aliphatic carbocycles. The SMILES string of the molecule is Cc1ccc(Cc2cnc(CCCOc3cccc(CN4CCCCC4)c3)[nH]c2=O)cn1. The van der Waals surface area contributed by atoms with Crippen LogP contribution in [-0.2, 0) is 19.4 Å². The maximum atomic E-state index is 12.4. The monoisotopic (exact) mass is 432 g/mol. The normalized spacial score (nSPS) is 14.4. The van der Waals surface area contributed by atoms with Crippen LogP contribution in [0.15, 0.2) is 53.6 Å². The molecule has 3 heterocycles. The van der Waals surface area contributed by atoms with Gasteiger partial charge in [0.1, 0.15) is 11.6 Å². The molecule has 6 nitrogen and oxygen atoms in total. The minimum Gasteiger partial charge on any atom is -0.494 e. The Morgan fingerprint density at radius 2 is 1.91 bits per heavy atom. The first-order valence-corrected chi connectivity index (χ1v) is 11.6. The summed E-state index contributed by atoms with van der Waals surface area (Å²) in [6.45, 7) is 5.91. The lowest BCUT2D eigenvalue weighted by atomic mass is 10.1. The largest absolute Gasteiger partial charge is 0.494 e. The quantitative estimate of drug-likeness (QED) is 0.516. The standard InChI is InChI=1S/C26H32N4O2/c1-20-10-11-21(17-27-20)15-23-18-28-25(29-26(23)31)9-6-14-32-24-8-5-7-22(16-24)19-30-12-3-2-4-13-30/h5,7-8,10-11,16-18H,2-4,6,9,12-15,19H2,1H3,(H,28,29,31). The molecule has 2 aromatic heterocycles. The molecule has 1 aliphatic heterocycles. The molecule has 1 aliphatic rings. The highest BCUT2D eigenvalue weighted by atomic mass is 16.5. The van der Waals surface area contributed by atoms with Gasteiger partial charge in [-0.25, -0.2) is 4.98 Å². The van der Waals surface area contributed by atoms with Crippen LogP contribution < -0.4 is 10.3 Å². The highest BCUT2D eigenvalue weighted by Gasteiger charge is 2.11. The molecule has 4 rings (SSSR count). The topological polar surface area (TPSA) is 71.1 Å². The second-order valence-electron chi connectivity index (χ2n) is 8.61. The molecule has 1 fully saturated rings. The number of piperidine rings is 1. The van der Waals surface area contributed by atoms with Gasteiger partial charge in [-0.05, 0) is 68.6 Å². The van der Waals surface area contributed by atoms with Gasteiger partial charge in [0.05, 0.1) is 6.61 Å². The van der Waals surface area contributed by atoms with Gasteiger partial charge in [-0.3, -0.25) is 14.7 Å². The molecule has 0 atom stereocenters. The first kappa shape index (κ1) is 22.2. The third-order valence-electron chi connectivity index (χ3n) is 5.87. The van der Waals surface area contributed by atoms with Crippen LogP contribution in [-0.4, -0.2) is 39.5 Å². The van der Waals surface area contributed by atoms with Crippen molar-refractivity contribution in [2.75, 3.05) is 19.7 Å². The number of H-pyrrole nitrogens is 1. The van der Waals surface area contributed by atoms with Crippen LogP contribution >= 0.6 is 0 Å². The van der Waals surface area contributed by atoms with Crippen molar-refractivity contribution in [2.45, 2.75) is 52.0 Å². The lowest BCUT2D eigenvalue weighted by Crippen LogP contribution is -2.29. The molecule has 0 spiro atoms. The third-order valence-corrected chi connectivity index (χ3v) is 5.87. The Labute approximate surface area is 189 Å². The Bertz CT molecular complexity index is 1060.